The van der Waals surface area contributed by atoms with Crippen LogP contribution in [0.15, 0.2) is 30.3 Å². The van der Waals surface area contributed by atoms with E-state index >= 15 is 0 Å². The minimum Gasteiger partial charge on any atom is -0.495 e. The van der Waals surface area contributed by atoms with Crippen LogP contribution in [0.5, 0.6) is 23.0 Å². The summed E-state index contributed by atoms with van der Waals surface area (Å²) in [7, 11) is 1.45. The van der Waals surface area contributed by atoms with Crippen LogP contribution in [0.3, 0.4) is 0 Å². The number of fused-ring (bicyclic) bond motifs is 4. The SMILES string of the molecule is COc1c([C@@H](O)CC(C)(C)C)ccc2c1C(=O)OCc1cccc(OC(=O)C3(C)C4CCC3CC4)c1O2. The second kappa shape index (κ2) is 9.35. The van der Waals surface area contributed by atoms with Crippen molar-refractivity contribution in [2.45, 2.75) is 72.5 Å². The number of para-hydroxylation sites is 1. The molecule has 3 aliphatic rings. The number of rotatable bonds is 5. The number of methoxy groups -OCH3 is 1. The molecule has 2 aliphatic carbocycles. The number of esters is 2. The number of hydrogen-bond acceptors (Lipinski definition) is 7. The van der Waals surface area contributed by atoms with E-state index in [2.05, 4.69) is 0 Å². The zero-order valence-electron chi connectivity index (χ0n) is 22.3. The van der Waals surface area contributed by atoms with Gasteiger partial charge >= 0.3 is 11.9 Å². The van der Waals surface area contributed by atoms with Gasteiger partial charge in [0.2, 0.25) is 0 Å². The minimum atomic E-state index is -0.843. The third-order valence-electron chi connectivity index (χ3n) is 8.42. The molecule has 0 saturated heterocycles. The number of carbonyl (C=O) groups excluding carboxylic acids is 2. The molecule has 0 unspecified atom stereocenters. The molecule has 1 aliphatic heterocycles. The van der Waals surface area contributed by atoms with E-state index in [4.69, 9.17) is 18.9 Å². The maximum Gasteiger partial charge on any atom is 0.346 e. The van der Waals surface area contributed by atoms with E-state index in [0.717, 1.165) is 25.7 Å². The highest BCUT2D eigenvalue weighted by molar-refractivity contribution is 5.97. The summed E-state index contributed by atoms with van der Waals surface area (Å²) in [6.07, 6.45) is 3.88. The van der Waals surface area contributed by atoms with E-state index in [1.165, 1.54) is 7.11 Å². The van der Waals surface area contributed by atoms with Crippen LogP contribution in [0.25, 0.3) is 0 Å². The number of hydrogen-bond donors (Lipinski definition) is 1. The molecule has 2 fully saturated rings. The molecule has 1 atom stereocenters. The van der Waals surface area contributed by atoms with Gasteiger partial charge in [-0.05, 0) is 74.5 Å². The summed E-state index contributed by atoms with van der Waals surface area (Å²) in [6.45, 7) is 8.07. The van der Waals surface area contributed by atoms with Gasteiger partial charge in [0.1, 0.15) is 23.7 Å². The lowest BCUT2D eigenvalue weighted by Gasteiger charge is -2.28. The van der Waals surface area contributed by atoms with Gasteiger partial charge in [0.15, 0.2) is 11.5 Å². The average molecular weight is 509 g/mol. The van der Waals surface area contributed by atoms with E-state index in [1.807, 2.05) is 27.7 Å². The van der Waals surface area contributed by atoms with E-state index in [0.29, 0.717) is 40.9 Å². The van der Waals surface area contributed by atoms with Gasteiger partial charge in [0.05, 0.1) is 18.6 Å². The van der Waals surface area contributed by atoms with Crippen molar-refractivity contribution >= 4 is 11.9 Å². The lowest BCUT2D eigenvalue weighted by molar-refractivity contribution is -0.147. The zero-order valence-corrected chi connectivity index (χ0v) is 22.3. The van der Waals surface area contributed by atoms with Crippen molar-refractivity contribution in [3.05, 3.63) is 47.0 Å². The molecular weight excluding hydrogens is 472 g/mol. The Hall–Kier alpha value is -3.06. The molecule has 5 rings (SSSR count). The third-order valence-corrected chi connectivity index (χ3v) is 8.42. The van der Waals surface area contributed by atoms with Gasteiger partial charge < -0.3 is 24.1 Å². The van der Waals surface area contributed by atoms with Crippen LogP contribution in [0.4, 0.5) is 0 Å². The first kappa shape index (κ1) is 25.6. The number of cyclic esters (lactones) is 1. The highest BCUT2D eigenvalue weighted by Gasteiger charge is 2.57. The molecular formula is C30H36O7. The molecule has 0 spiro atoms. The van der Waals surface area contributed by atoms with Crippen LogP contribution in [-0.4, -0.2) is 24.2 Å². The standard InChI is InChI=1S/C30H36O7/c1-29(2,3)15-21(31)20-13-14-22-24(26(20)34-5)27(32)35-16-17-7-6-8-23(25(17)36-22)37-28(33)30(4)18-9-10-19(30)12-11-18/h6-8,13-14,18-19,21,31H,9-12,15-16H2,1-5H3/t18?,19?,21-,30?/m0/s1. The van der Waals surface area contributed by atoms with Crippen molar-refractivity contribution in [1.82, 2.24) is 0 Å². The van der Waals surface area contributed by atoms with E-state index < -0.39 is 17.5 Å². The second-order valence-corrected chi connectivity index (χ2v) is 12.0. The van der Waals surface area contributed by atoms with Crippen LogP contribution in [0.1, 0.15) is 87.4 Å². The molecule has 2 saturated carbocycles. The fraction of sp³-hybridized carbons (Fsp3) is 0.533. The minimum absolute atomic E-state index is 0.0561. The molecule has 0 amide bonds. The number of aliphatic hydroxyl groups is 1. The van der Waals surface area contributed by atoms with Crippen molar-refractivity contribution < 1.29 is 33.6 Å². The Morgan fingerprint density at radius 1 is 1.14 bits per heavy atom. The molecule has 2 aromatic rings. The van der Waals surface area contributed by atoms with Gasteiger partial charge in [-0.2, -0.15) is 0 Å². The Bertz CT molecular complexity index is 1210. The Morgan fingerprint density at radius 2 is 1.81 bits per heavy atom. The Kier molecular flexibility index (Phi) is 6.47. The van der Waals surface area contributed by atoms with Crippen molar-refractivity contribution in [3.63, 3.8) is 0 Å². The van der Waals surface area contributed by atoms with Gasteiger partial charge in [-0.1, -0.05) is 32.9 Å². The number of ether oxygens (including phenoxy) is 4. The summed E-state index contributed by atoms with van der Waals surface area (Å²) in [6, 6.07) is 8.59. The molecule has 37 heavy (non-hydrogen) atoms. The summed E-state index contributed by atoms with van der Waals surface area (Å²) in [4.78, 5) is 26.6. The molecule has 2 aromatic carbocycles. The van der Waals surface area contributed by atoms with Crippen molar-refractivity contribution in [2.24, 2.45) is 22.7 Å². The Balaban J connectivity index is 1.51. The first-order valence-electron chi connectivity index (χ1n) is 13.1. The second-order valence-electron chi connectivity index (χ2n) is 12.0. The van der Waals surface area contributed by atoms with E-state index in [9.17, 15) is 14.7 Å². The molecule has 2 bridgehead atoms. The maximum atomic E-state index is 13.5. The predicted molar refractivity (Wildman–Crippen MR) is 137 cm³/mol. The third kappa shape index (κ3) is 4.48. The predicted octanol–water partition coefficient (Wildman–Crippen LogP) is 6.36. The monoisotopic (exact) mass is 508 g/mol. The summed E-state index contributed by atoms with van der Waals surface area (Å²) in [5, 5.41) is 10.9. The summed E-state index contributed by atoms with van der Waals surface area (Å²) < 4.78 is 23.5. The van der Waals surface area contributed by atoms with Crippen LogP contribution in [-0.2, 0) is 16.1 Å². The van der Waals surface area contributed by atoms with Gasteiger partial charge in [-0.25, -0.2) is 4.79 Å². The van der Waals surface area contributed by atoms with Crippen LogP contribution >= 0.6 is 0 Å². The summed E-state index contributed by atoms with van der Waals surface area (Å²) in [5.41, 5.74) is 0.552. The Morgan fingerprint density at radius 3 is 2.43 bits per heavy atom. The first-order chi connectivity index (χ1) is 17.5. The summed E-state index contributed by atoms with van der Waals surface area (Å²) in [5.74, 6) is 0.920. The Labute approximate surface area is 218 Å². The molecule has 1 heterocycles. The lowest BCUT2D eigenvalue weighted by Crippen LogP contribution is -2.36. The largest absolute Gasteiger partial charge is 0.495 e. The molecule has 0 radical (unpaired) electrons. The fourth-order valence-electron chi connectivity index (χ4n) is 6.40. The fourth-order valence-corrected chi connectivity index (χ4v) is 6.40. The van der Waals surface area contributed by atoms with Crippen molar-refractivity contribution in [2.75, 3.05) is 7.11 Å². The highest BCUT2D eigenvalue weighted by atomic mass is 16.6. The zero-order chi connectivity index (χ0) is 26.5. The van der Waals surface area contributed by atoms with Crippen LogP contribution in [0.2, 0.25) is 0 Å². The topological polar surface area (TPSA) is 91.3 Å². The highest BCUT2D eigenvalue weighted by Crippen LogP contribution is 2.58. The van der Waals surface area contributed by atoms with Gasteiger partial charge in [-0.15, -0.1) is 0 Å². The molecule has 7 nitrogen and oxygen atoms in total. The number of carbonyl (C=O) groups is 2. The van der Waals surface area contributed by atoms with Gasteiger partial charge in [0.25, 0.3) is 0 Å². The molecule has 7 heteroatoms. The average Bonchev–Trinajstić information content (AvgIpc) is 3.34. The number of benzene rings is 2. The lowest BCUT2D eigenvalue weighted by atomic mass is 9.80. The maximum absolute atomic E-state index is 13.5. The molecule has 0 aromatic heterocycles. The molecule has 198 valence electrons. The number of aliphatic hydroxyl groups excluding tert-OH is 1. The molecule has 1 N–H and O–H groups in total. The van der Waals surface area contributed by atoms with Gasteiger partial charge in [0, 0.05) is 11.1 Å². The van der Waals surface area contributed by atoms with Crippen LogP contribution < -0.4 is 14.2 Å². The van der Waals surface area contributed by atoms with Crippen molar-refractivity contribution in [1.29, 1.82) is 0 Å². The quantitative estimate of drug-likeness (QED) is 0.371. The van der Waals surface area contributed by atoms with Crippen LogP contribution in [0, 0.1) is 22.7 Å². The van der Waals surface area contributed by atoms with E-state index in [-0.39, 0.29) is 35.1 Å². The van der Waals surface area contributed by atoms with Gasteiger partial charge in [-0.3, -0.25) is 4.79 Å². The normalized spacial score (nSPS) is 25.2. The van der Waals surface area contributed by atoms with Crippen molar-refractivity contribution in [3.8, 4) is 23.0 Å². The summed E-state index contributed by atoms with van der Waals surface area (Å²) >= 11 is 0. The first-order valence-corrected chi connectivity index (χ1v) is 13.1. The smallest absolute Gasteiger partial charge is 0.346 e. The van der Waals surface area contributed by atoms with E-state index in [1.54, 1.807) is 30.3 Å².